The smallest absolute Gasteiger partial charge is 0.256 e. The van der Waals surface area contributed by atoms with Crippen LogP contribution in [0.5, 0.6) is 0 Å². The van der Waals surface area contributed by atoms with E-state index in [-0.39, 0.29) is 28.6 Å². The van der Waals surface area contributed by atoms with Crippen LogP contribution in [0.1, 0.15) is 71.7 Å². The standard InChI is InChI=1S/C25H34N4O5S2/c1-24(2)13-18-19(21(26)30)23(35-20(18)25(3,4)28-24)27-22(31)15-8-10-17(11-9-15)36(32,33)29(5)14-16-7-6-12-34-16/h8-11,16,28H,6-7,12-14H2,1-5H3,(H2,26,30)(H,27,31). The molecule has 1 saturated heterocycles. The molecule has 0 radical (unpaired) electrons. The van der Waals surface area contributed by atoms with Gasteiger partial charge in [0.15, 0.2) is 0 Å². The number of rotatable bonds is 7. The quantitative estimate of drug-likeness (QED) is 0.500. The molecule has 0 aliphatic carbocycles. The molecule has 2 aliphatic rings. The molecular weight excluding hydrogens is 500 g/mol. The Kier molecular flexibility index (Phi) is 7.08. The summed E-state index contributed by atoms with van der Waals surface area (Å²) in [6, 6.07) is 5.77. The van der Waals surface area contributed by atoms with E-state index >= 15 is 0 Å². The van der Waals surface area contributed by atoms with Crippen molar-refractivity contribution in [3.8, 4) is 0 Å². The average Bonchev–Trinajstić information content (AvgIpc) is 3.40. The summed E-state index contributed by atoms with van der Waals surface area (Å²) in [7, 11) is -2.19. The van der Waals surface area contributed by atoms with E-state index in [9.17, 15) is 18.0 Å². The first-order valence-electron chi connectivity index (χ1n) is 12.0. The number of ether oxygens (including phenoxy) is 1. The Morgan fingerprint density at radius 3 is 2.47 bits per heavy atom. The van der Waals surface area contributed by atoms with E-state index in [0.717, 1.165) is 23.3 Å². The molecule has 4 N–H and O–H groups in total. The molecule has 2 aromatic rings. The van der Waals surface area contributed by atoms with Crippen LogP contribution in [0.3, 0.4) is 0 Å². The lowest BCUT2D eigenvalue weighted by Crippen LogP contribution is -2.55. The van der Waals surface area contributed by atoms with E-state index in [1.54, 1.807) is 0 Å². The maximum atomic E-state index is 13.1. The molecule has 36 heavy (non-hydrogen) atoms. The van der Waals surface area contributed by atoms with Crippen molar-refractivity contribution in [1.82, 2.24) is 9.62 Å². The predicted octanol–water partition coefficient (Wildman–Crippen LogP) is 3.06. The van der Waals surface area contributed by atoms with E-state index in [0.29, 0.717) is 23.6 Å². The van der Waals surface area contributed by atoms with Crippen LogP contribution in [0, 0.1) is 0 Å². The van der Waals surface area contributed by atoms with Crippen molar-refractivity contribution >= 4 is 38.2 Å². The van der Waals surface area contributed by atoms with Crippen molar-refractivity contribution in [2.75, 3.05) is 25.5 Å². The molecule has 1 fully saturated rings. The number of amides is 2. The van der Waals surface area contributed by atoms with E-state index < -0.39 is 27.4 Å². The first-order chi connectivity index (χ1) is 16.7. The number of carbonyl (C=O) groups excluding carboxylic acids is 2. The number of anilines is 1. The monoisotopic (exact) mass is 534 g/mol. The lowest BCUT2D eigenvalue weighted by Gasteiger charge is -2.42. The van der Waals surface area contributed by atoms with Crippen molar-refractivity contribution in [3.63, 3.8) is 0 Å². The highest BCUT2D eigenvalue weighted by atomic mass is 32.2. The second-order valence-corrected chi connectivity index (χ2v) is 13.8. The van der Waals surface area contributed by atoms with Gasteiger partial charge in [0.25, 0.3) is 11.8 Å². The van der Waals surface area contributed by atoms with E-state index in [1.165, 1.54) is 47.0 Å². The summed E-state index contributed by atoms with van der Waals surface area (Å²) in [6.07, 6.45) is 2.27. The lowest BCUT2D eigenvalue weighted by atomic mass is 9.81. The Labute approximate surface area is 216 Å². The summed E-state index contributed by atoms with van der Waals surface area (Å²) >= 11 is 1.34. The van der Waals surface area contributed by atoms with Gasteiger partial charge < -0.3 is 21.1 Å². The van der Waals surface area contributed by atoms with Crippen LogP contribution >= 0.6 is 11.3 Å². The summed E-state index contributed by atoms with van der Waals surface area (Å²) in [6.45, 7) is 9.13. The molecular formula is C25H34N4O5S2. The van der Waals surface area contributed by atoms with Gasteiger partial charge in [0.1, 0.15) is 5.00 Å². The van der Waals surface area contributed by atoms with Crippen LogP contribution in [0.2, 0.25) is 0 Å². The van der Waals surface area contributed by atoms with Gasteiger partial charge >= 0.3 is 0 Å². The number of nitrogens with zero attached hydrogens (tertiary/aromatic N) is 1. The molecule has 1 unspecified atom stereocenters. The van der Waals surface area contributed by atoms with Crippen LogP contribution in [0.4, 0.5) is 5.00 Å². The normalized spacial score (nSPS) is 20.8. The topological polar surface area (TPSA) is 131 Å². The predicted molar refractivity (Wildman–Crippen MR) is 140 cm³/mol. The van der Waals surface area contributed by atoms with E-state index in [2.05, 4.69) is 24.5 Å². The van der Waals surface area contributed by atoms with Crippen molar-refractivity contribution in [2.45, 2.75) is 69.0 Å². The minimum Gasteiger partial charge on any atom is -0.377 e. The number of nitrogens with one attached hydrogen (secondary N) is 2. The number of fused-ring (bicyclic) bond motifs is 1. The molecule has 0 saturated carbocycles. The first kappa shape index (κ1) is 26.7. The molecule has 4 rings (SSSR count). The molecule has 1 aromatic carbocycles. The number of likely N-dealkylation sites (N-methyl/N-ethyl adjacent to an activating group) is 1. The fraction of sp³-hybridized carbons (Fsp3) is 0.520. The number of sulfonamides is 1. The van der Waals surface area contributed by atoms with Crippen molar-refractivity contribution in [3.05, 3.63) is 45.8 Å². The van der Waals surface area contributed by atoms with Gasteiger partial charge in [-0.1, -0.05) is 0 Å². The van der Waals surface area contributed by atoms with Gasteiger partial charge in [0, 0.05) is 41.7 Å². The van der Waals surface area contributed by atoms with Crippen LogP contribution in [0.25, 0.3) is 0 Å². The Morgan fingerprint density at radius 2 is 1.89 bits per heavy atom. The van der Waals surface area contributed by atoms with Gasteiger partial charge in [-0.15, -0.1) is 11.3 Å². The van der Waals surface area contributed by atoms with Gasteiger partial charge in [0.2, 0.25) is 10.0 Å². The van der Waals surface area contributed by atoms with Gasteiger partial charge in [-0.25, -0.2) is 8.42 Å². The second kappa shape index (κ2) is 9.53. The summed E-state index contributed by atoms with van der Waals surface area (Å²) in [5, 5.41) is 6.82. The highest BCUT2D eigenvalue weighted by molar-refractivity contribution is 7.89. The van der Waals surface area contributed by atoms with Crippen LogP contribution in [-0.2, 0) is 26.7 Å². The summed E-state index contributed by atoms with van der Waals surface area (Å²) < 4.78 is 32.7. The maximum Gasteiger partial charge on any atom is 0.256 e. The lowest BCUT2D eigenvalue weighted by molar-refractivity contribution is 0.0978. The van der Waals surface area contributed by atoms with E-state index in [4.69, 9.17) is 10.5 Å². The van der Waals surface area contributed by atoms with Crippen LogP contribution in [0.15, 0.2) is 29.2 Å². The molecule has 2 aliphatic heterocycles. The zero-order chi connectivity index (χ0) is 26.5. The number of hydrogen-bond acceptors (Lipinski definition) is 7. The van der Waals surface area contributed by atoms with Crippen LogP contribution in [-0.4, -0.2) is 56.4 Å². The van der Waals surface area contributed by atoms with Crippen molar-refractivity contribution in [1.29, 1.82) is 0 Å². The number of nitrogens with two attached hydrogens (primary N) is 1. The van der Waals surface area contributed by atoms with E-state index in [1.807, 2.05) is 13.8 Å². The molecule has 11 heteroatoms. The molecule has 1 atom stereocenters. The molecule has 0 spiro atoms. The SMILES string of the molecule is CN(CC1CCCO1)S(=O)(=O)c1ccc(C(=O)Nc2sc3c(c2C(N)=O)CC(C)(C)NC3(C)C)cc1. The van der Waals surface area contributed by atoms with Gasteiger partial charge in [0.05, 0.1) is 16.6 Å². The molecule has 9 nitrogen and oxygen atoms in total. The maximum absolute atomic E-state index is 13.1. The fourth-order valence-corrected chi connectivity index (χ4v) is 7.66. The van der Waals surface area contributed by atoms with Crippen molar-refractivity contribution in [2.24, 2.45) is 5.73 Å². The highest BCUT2D eigenvalue weighted by Crippen LogP contribution is 2.45. The first-order valence-corrected chi connectivity index (χ1v) is 14.2. The number of benzene rings is 1. The van der Waals surface area contributed by atoms with Crippen LogP contribution < -0.4 is 16.4 Å². The third-order valence-corrected chi connectivity index (χ3v) is 9.94. The number of primary amides is 1. The van der Waals surface area contributed by atoms with Gasteiger partial charge in [-0.05, 0) is 76.8 Å². The minimum absolute atomic E-state index is 0.0963. The zero-order valence-corrected chi connectivity index (χ0v) is 22.9. The largest absolute Gasteiger partial charge is 0.377 e. The average molecular weight is 535 g/mol. The minimum atomic E-state index is -3.72. The molecule has 1 aromatic heterocycles. The van der Waals surface area contributed by atoms with Gasteiger partial charge in [-0.2, -0.15) is 4.31 Å². The summed E-state index contributed by atoms with van der Waals surface area (Å²) in [5.41, 5.74) is 6.56. The number of carbonyl (C=O) groups is 2. The Balaban J connectivity index is 1.55. The second-order valence-electron chi connectivity index (χ2n) is 10.7. The third kappa shape index (κ3) is 5.21. The fourth-order valence-electron chi connectivity index (χ4n) is 5.18. The molecule has 3 heterocycles. The Bertz CT molecular complexity index is 1280. The van der Waals surface area contributed by atoms with Crippen molar-refractivity contribution < 1.29 is 22.7 Å². The number of thiophene rings is 1. The molecule has 2 amide bonds. The molecule has 196 valence electrons. The molecule has 0 bridgehead atoms. The van der Waals surface area contributed by atoms with Gasteiger partial charge in [-0.3, -0.25) is 9.59 Å². The number of hydrogen-bond donors (Lipinski definition) is 3. The summed E-state index contributed by atoms with van der Waals surface area (Å²) in [4.78, 5) is 26.5. The zero-order valence-electron chi connectivity index (χ0n) is 21.3. The highest BCUT2D eigenvalue weighted by Gasteiger charge is 2.41. The summed E-state index contributed by atoms with van der Waals surface area (Å²) in [5.74, 6) is -1.04. The third-order valence-electron chi connectivity index (χ3n) is 6.63. The Morgan fingerprint density at radius 1 is 1.22 bits per heavy atom. The Hall–Kier alpha value is -2.31.